The van der Waals surface area contributed by atoms with Gasteiger partial charge in [0, 0.05) is 41.7 Å². The zero-order valence-corrected chi connectivity index (χ0v) is 18.6. The maximum Gasteiger partial charge on any atom is 0.291 e. The number of imidazole rings is 1. The van der Waals surface area contributed by atoms with Gasteiger partial charge in [0.25, 0.3) is 6.43 Å². The van der Waals surface area contributed by atoms with E-state index in [4.69, 9.17) is 4.74 Å². The second kappa shape index (κ2) is 7.09. The fraction of sp³-hybridized carbons (Fsp3) is 0.550. The average Bonchev–Trinajstić information content (AvgIpc) is 3.20. The minimum atomic E-state index is -2.62. The predicted octanol–water partition coefficient (Wildman–Crippen LogP) is 4.17. The normalized spacial score (nSPS) is 21.4. The van der Waals surface area contributed by atoms with Crippen LogP contribution in [0.25, 0.3) is 16.3 Å². The van der Waals surface area contributed by atoms with Crippen molar-refractivity contribution in [3.05, 3.63) is 23.5 Å². The summed E-state index contributed by atoms with van der Waals surface area (Å²) in [6.07, 6.45) is 4.51. The summed E-state index contributed by atoms with van der Waals surface area (Å²) in [4.78, 5) is 8.04. The third-order valence-electron chi connectivity index (χ3n) is 6.40. The van der Waals surface area contributed by atoms with E-state index in [1.807, 2.05) is 10.6 Å². The molecular weight excluding hydrogens is 442 g/mol. The van der Waals surface area contributed by atoms with Crippen molar-refractivity contribution in [2.24, 2.45) is 5.41 Å². The molecule has 0 amide bonds. The van der Waals surface area contributed by atoms with Gasteiger partial charge in [-0.3, -0.25) is 9.12 Å². The first-order valence-corrected chi connectivity index (χ1v) is 12.0. The number of hydrogen-bond donors (Lipinski definition) is 1. The molecule has 1 aliphatic carbocycles. The van der Waals surface area contributed by atoms with Gasteiger partial charge in [-0.15, -0.1) is 10.2 Å². The Bertz CT molecular complexity index is 1130. The van der Waals surface area contributed by atoms with E-state index in [0.29, 0.717) is 10.7 Å². The Balaban J connectivity index is 1.38. The van der Waals surface area contributed by atoms with E-state index in [2.05, 4.69) is 37.8 Å². The molecule has 0 aromatic carbocycles. The zero-order chi connectivity index (χ0) is 21.2. The maximum absolute atomic E-state index is 13.0. The van der Waals surface area contributed by atoms with Crippen LogP contribution >= 0.6 is 23.3 Å². The molecule has 3 aliphatic rings. The van der Waals surface area contributed by atoms with Crippen molar-refractivity contribution in [3.8, 4) is 10.7 Å². The summed E-state index contributed by atoms with van der Waals surface area (Å²) < 4.78 is 37.2. The molecular formula is C20H22F2N6OS2. The van der Waals surface area contributed by atoms with E-state index >= 15 is 0 Å². The maximum atomic E-state index is 13.0. The Labute approximate surface area is 186 Å². The molecule has 3 fully saturated rings. The second-order valence-corrected chi connectivity index (χ2v) is 11.0. The van der Waals surface area contributed by atoms with Gasteiger partial charge in [-0.2, -0.15) is 0 Å². The molecule has 0 atom stereocenters. The minimum Gasteiger partial charge on any atom is -0.381 e. The van der Waals surface area contributed by atoms with Crippen molar-refractivity contribution in [2.75, 3.05) is 31.2 Å². The minimum absolute atomic E-state index is 0.185. The topological polar surface area (TPSA) is 67.6 Å². The highest BCUT2D eigenvalue weighted by Gasteiger charge is 2.46. The van der Waals surface area contributed by atoms with Crippen LogP contribution in [0.3, 0.4) is 0 Å². The number of fused-ring (bicyclic) bond motifs is 1. The van der Waals surface area contributed by atoms with E-state index in [0.717, 1.165) is 60.3 Å². The van der Waals surface area contributed by atoms with Crippen LogP contribution in [0.5, 0.6) is 0 Å². The molecule has 1 saturated carbocycles. The number of anilines is 1. The molecule has 0 radical (unpaired) electrons. The molecule has 2 aliphatic heterocycles. The molecule has 1 spiro atoms. The van der Waals surface area contributed by atoms with E-state index in [-0.39, 0.29) is 16.0 Å². The number of aromatic nitrogens is 4. The molecule has 0 unspecified atom stereocenters. The zero-order valence-electron chi connectivity index (χ0n) is 17.0. The molecule has 1 N–H and O–H groups in total. The Morgan fingerprint density at radius 3 is 2.77 bits per heavy atom. The van der Waals surface area contributed by atoms with Crippen molar-refractivity contribution in [1.29, 1.82) is 0 Å². The van der Waals surface area contributed by atoms with E-state index in [1.54, 1.807) is 18.1 Å². The summed E-state index contributed by atoms with van der Waals surface area (Å²) in [5, 5.41) is 7.82. The van der Waals surface area contributed by atoms with E-state index in [9.17, 15) is 8.78 Å². The van der Waals surface area contributed by atoms with Crippen molar-refractivity contribution in [1.82, 2.24) is 24.3 Å². The number of nitrogens with zero attached hydrogens (tertiary/aromatic N) is 5. The van der Waals surface area contributed by atoms with Gasteiger partial charge in [0.2, 0.25) is 0 Å². The number of rotatable bonds is 6. The van der Waals surface area contributed by atoms with Crippen LogP contribution in [-0.2, 0) is 4.74 Å². The van der Waals surface area contributed by atoms with Gasteiger partial charge in [-0.25, -0.2) is 13.8 Å². The van der Waals surface area contributed by atoms with Crippen LogP contribution in [0.15, 0.2) is 23.4 Å². The van der Waals surface area contributed by atoms with Crippen LogP contribution in [0.2, 0.25) is 0 Å². The van der Waals surface area contributed by atoms with Gasteiger partial charge >= 0.3 is 0 Å². The quantitative estimate of drug-likeness (QED) is 0.549. The second-order valence-electron chi connectivity index (χ2n) is 9.07. The van der Waals surface area contributed by atoms with Gasteiger partial charge in [0.15, 0.2) is 15.7 Å². The third kappa shape index (κ3) is 3.51. The van der Waals surface area contributed by atoms with Crippen molar-refractivity contribution in [3.63, 3.8) is 0 Å². The van der Waals surface area contributed by atoms with Gasteiger partial charge in [0.05, 0.1) is 18.5 Å². The summed E-state index contributed by atoms with van der Waals surface area (Å²) in [5.41, 5.74) is 2.97. The van der Waals surface area contributed by atoms with Gasteiger partial charge < -0.3 is 9.64 Å². The van der Waals surface area contributed by atoms with Crippen LogP contribution < -0.4 is 9.62 Å². The summed E-state index contributed by atoms with van der Waals surface area (Å²) in [5.74, 6) is 0. The van der Waals surface area contributed by atoms with E-state index < -0.39 is 6.43 Å². The van der Waals surface area contributed by atoms with Crippen molar-refractivity contribution < 1.29 is 13.5 Å². The van der Waals surface area contributed by atoms with E-state index in [1.165, 1.54) is 12.8 Å². The SMILES string of the molecule is CC1(NSc2cc(N3CC4(CCOC4)C3)c3ncc(-c4nnc(C(F)F)s4)n3c2)CC1. The van der Waals surface area contributed by atoms with Crippen molar-refractivity contribution >= 4 is 34.6 Å². The van der Waals surface area contributed by atoms with Crippen LogP contribution in [0.1, 0.15) is 37.6 Å². The highest BCUT2D eigenvalue weighted by atomic mass is 32.2. The Morgan fingerprint density at radius 2 is 2.10 bits per heavy atom. The summed E-state index contributed by atoms with van der Waals surface area (Å²) >= 11 is 2.52. The number of halogens is 2. The highest BCUT2D eigenvalue weighted by Crippen LogP contribution is 2.44. The molecule has 3 aromatic heterocycles. The lowest BCUT2D eigenvalue weighted by Crippen LogP contribution is -2.57. The Hall–Kier alpha value is -1.82. The van der Waals surface area contributed by atoms with Gasteiger partial charge in [0.1, 0.15) is 5.69 Å². The fourth-order valence-corrected chi connectivity index (χ4v) is 5.83. The predicted molar refractivity (Wildman–Crippen MR) is 116 cm³/mol. The fourth-order valence-electron chi connectivity index (χ4n) is 4.22. The molecule has 0 bridgehead atoms. The highest BCUT2D eigenvalue weighted by molar-refractivity contribution is 7.97. The smallest absolute Gasteiger partial charge is 0.291 e. The lowest BCUT2D eigenvalue weighted by atomic mass is 9.79. The molecule has 164 valence electrons. The average molecular weight is 465 g/mol. The van der Waals surface area contributed by atoms with Gasteiger partial charge in [-0.1, -0.05) is 11.3 Å². The molecule has 2 saturated heterocycles. The summed E-state index contributed by atoms with van der Waals surface area (Å²) in [7, 11) is 0. The number of alkyl halides is 2. The molecule has 5 heterocycles. The molecule has 7 nitrogen and oxygen atoms in total. The summed E-state index contributed by atoms with van der Waals surface area (Å²) in [6.45, 7) is 5.75. The van der Waals surface area contributed by atoms with Crippen LogP contribution in [-0.4, -0.2) is 51.4 Å². The molecule has 6 rings (SSSR count). The Kier molecular flexibility index (Phi) is 4.54. The lowest BCUT2D eigenvalue weighted by molar-refractivity contribution is 0.131. The third-order valence-corrected chi connectivity index (χ3v) is 8.41. The Morgan fingerprint density at radius 1 is 1.26 bits per heavy atom. The first-order chi connectivity index (χ1) is 14.9. The van der Waals surface area contributed by atoms with Crippen molar-refractivity contribution in [2.45, 2.75) is 43.0 Å². The monoisotopic (exact) mass is 464 g/mol. The number of hydrogen-bond acceptors (Lipinski definition) is 8. The first kappa shape index (κ1) is 19.8. The molecule has 11 heteroatoms. The van der Waals surface area contributed by atoms with Crippen LogP contribution in [0, 0.1) is 5.41 Å². The molecule has 3 aromatic rings. The number of nitrogens with one attached hydrogen (secondary N) is 1. The largest absolute Gasteiger partial charge is 0.381 e. The lowest BCUT2D eigenvalue weighted by Gasteiger charge is -2.48. The number of pyridine rings is 1. The number of ether oxygens (including phenoxy) is 1. The first-order valence-electron chi connectivity index (χ1n) is 10.3. The summed E-state index contributed by atoms with van der Waals surface area (Å²) in [6, 6.07) is 2.17. The standard InChI is InChI=1S/C20H22F2N6OS2/c1-19(2-3-19)26-31-12-6-13(27-9-20(10-27)4-5-29-11-20)16-23-7-14(28(16)8-12)17-24-25-18(30-17)15(21)22/h6-8,15,26H,2-5,9-11H2,1H3. The van der Waals surface area contributed by atoms with Gasteiger partial charge in [-0.05, 0) is 44.2 Å². The van der Waals surface area contributed by atoms with Crippen LogP contribution in [0.4, 0.5) is 14.5 Å². The molecule has 31 heavy (non-hydrogen) atoms.